The Morgan fingerprint density at radius 2 is 2.05 bits per heavy atom. The Labute approximate surface area is 113 Å². The number of aromatic nitrogens is 1. The van der Waals surface area contributed by atoms with Crippen molar-refractivity contribution < 1.29 is 4.74 Å². The van der Waals surface area contributed by atoms with Crippen molar-refractivity contribution in [2.45, 2.75) is 19.3 Å². The summed E-state index contributed by atoms with van der Waals surface area (Å²) in [5.74, 6) is 0.308. The summed E-state index contributed by atoms with van der Waals surface area (Å²) in [5.41, 5.74) is 2.21. The van der Waals surface area contributed by atoms with Crippen LogP contribution < -0.4 is 0 Å². The first-order valence-electron chi connectivity index (χ1n) is 6.73. The van der Waals surface area contributed by atoms with Crippen LogP contribution in [0, 0.1) is 23.2 Å². The Hall–Kier alpha value is -1.79. The number of fused-ring (bicyclic) bond motifs is 1. The molecule has 0 amide bonds. The van der Waals surface area contributed by atoms with E-state index in [1.165, 1.54) is 10.9 Å². The largest absolute Gasteiger partial charge is 0.379 e. The van der Waals surface area contributed by atoms with E-state index < -0.39 is 0 Å². The van der Waals surface area contributed by atoms with Crippen LogP contribution in [0.25, 0.3) is 10.9 Å². The lowest BCUT2D eigenvalue weighted by Crippen LogP contribution is -2.53. The second-order valence-electron chi connectivity index (χ2n) is 5.75. The van der Waals surface area contributed by atoms with E-state index in [9.17, 15) is 5.26 Å². The number of nitriles is 1. The first-order chi connectivity index (χ1) is 9.19. The quantitative estimate of drug-likeness (QED) is 0.914. The van der Waals surface area contributed by atoms with E-state index in [0.717, 1.165) is 5.52 Å². The van der Waals surface area contributed by atoms with E-state index in [1.807, 2.05) is 12.1 Å². The van der Waals surface area contributed by atoms with Crippen LogP contribution in [0.4, 0.5) is 0 Å². The van der Waals surface area contributed by atoms with Gasteiger partial charge in [0.25, 0.3) is 0 Å². The van der Waals surface area contributed by atoms with Crippen LogP contribution in [0.1, 0.15) is 19.4 Å². The van der Waals surface area contributed by atoms with Crippen LogP contribution >= 0.6 is 0 Å². The summed E-state index contributed by atoms with van der Waals surface area (Å²) in [6.45, 7) is 5.52. The lowest BCUT2D eigenvalue weighted by Gasteiger charge is -2.46. The van der Waals surface area contributed by atoms with Crippen molar-refractivity contribution in [2.75, 3.05) is 13.2 Å². The third kappa shape index (κ3) is 1.67. The van der Waals surface area contributed by atoms with E-state index in [4.69, 9.17) is 4.74 Å². The second-order valence-corrected chi connectivity index (χ2v) is 5.75. The Morgan fingerprint density at radius 1 is 1.32 bits per heavy atom. The van der Waals surface area contributed by atoms with Crippen LogP contribution in [0.3, 0.4) is 0 Å². The molecule has 1 atom stereocenters. The fourth-order valence-electron chi connectivity index (χ4n) is 3.22. The van der Waals surface area contributed by atoms with Crippen LogP contribution in [-0.2, 0) is 10.2 Å². The molecule has 3 nitrogen and oxygen atoms in total. The number of nitrogens with one attached hydrogen (secondary N) is 1. The Bertz CT molecular complexity index is 631. The van der Waals surface area contributed by atoms with Crippen molar-refractivity contribution in [1.29, 1.82) is 5.26 Å². The summed E-state index contributed by atoms with van der Waals surface area (Å²) >= 11 is 0. The minimum absolute atomic E-state index is 0.0135. The van der Waals surface area contributed by atoms with Gasteiger partial charge in [0.2, 0.25) is 0 Å². The molecule has 2 heterocycles. The number of aromatic amines is 1. The van der Waals surface area contributed by atoms with Gasteiger partial charge in [-0.25, -0.2) is 0 Å². The molecule has 1 saturated heterocycles. The fourth-order valence-corrected chi connectivity index (χ4v) is 3.22. The molecule has 0 bridgehead atoms. The molecule has 1 fully saturated rings. The predicted molar refractivity (Wildman–Crippen MR) is 74.7 cm³/mol. The summed E-state index contributed by atoms with van der Waals surface area (Å²) in [6.07, 6.45) is 2.06. The number of H-pyrrole nitrogens is 1. The van der Waals surface area contributed by atoms with Crippen LogP contribution in [0.5, 0.6) is 0 Å². The van der Waals surface area contributed by atoms with Crippen molar-refractivity contribution in [3.8, 4) is 6.07 Å². The zero-order valence-electron chi connectivity index (χ0n) is 11.3. The van der Waals surface area contributed by atoms with E-state index in [0.29, 0.717) is 19.1 Å². The number of para-hydroxylation sites is 1. The van der Waals surface area contributed by atoms with Crippen LogP contribution in [0.15, 0.2) is 30.5 Å². The van der Waals surface area contributed by atoms with Crippen molar-refractivity contribution in [3.05, 3.63) is 36.0 Å². The highest BCUT2D eigenvalue weighted by atomic mass is 16.5. The topological polar surface area (TPSA) is 48.8 Å². The zero-order chi connectivity index (χ0) is 13.5. The summed E-state index contributed by atoms with van der Waals surface area (Å²) in [5, 5.41) is 10.8. The third-order valence-corrected chi connectivity index (χ3v) is 4.25. The molecule has 0 radical (unpaired) electrons. The van der Waals surface area contributed by atoms with Crippen LogP contribution in [-0.4, -0.2) is 18.2 Å². The van der Waals surface area contributed by atoms with Crippen molar-refractivity contribution >= 4 is 10.9 Å². The summed E-state index contributed by atoms with van der Waals surface area (Å²) in [7, 11) is 0. The lowest BCUT2D eigenvalue weighted by molar-refractivity contribution is -0.0869. The monoisotopic (exact) mass is 254 g/mol. The number of benzene rings is 1. The van der Waals surface area contributed by atoms with Gasteiger partial charge in [-0.1, -0.05) is 32.0 Å². The molecule has 19 heavy (non-hydrogen) atoms. The van der Waals surface area contributed by atoms with Crippen LogP contribution in [0.2, 0.25) is 0 Å². The molecule has 98 valence electrons. The number of hydrogen-bond acceptors (Lipinski definition) is 2. The molecule has 1 aromatic carbocycles. The molecule has 1 aliphatic rings. The Morgan fingerprint density at radius 3 is 2.63 bits per heavy atom. The number of hydrogen-bond donors (Lipinski definition) is 1. The highest BCUT2D eigenvalue weighted by Gasteiger charge is 2.49. The molecule has 1 aliphatic heterocycles. The summed E-state index contributed by atoms with van der Waals surface area (Å²) < 4.78 is 5.48. The van der Waals surface area contributed by atoms with Gasteiger partial charge in [-0.3, -0.25) is 0 Å². The molecule has 1 aromatic heterocycles. The highest BCUT2D eigenvalue weighted by molar-refractivity contribution is 5.84. The van der Waals surface area contributed by atoms with Gasteiger partial charge in [0.1, 0.15) is 0 Å². The molecule has 3 rings (SSSR count). The zero-order valence-corrected chi connectivity index (χ0v) is 11.3. The van der Waals surface area contributed by atoms with Gasteiger partial charge in [-0.2, -0.15) is 5.26 Å². The van der Waals surface area contributed by atoms with E-state index in [-0.39, 0.29) is 11.3 Å². The van der Waals surface area contributed by atoms with Gasteiger partial charge in [0, 0.05) is 17.1 Å². The molecule has 0 aliphatic carbocycles. The molecule has 1 unspecified atom stereocenters. The highest BCUT2D eigenvalue weighted by Crippen LogP contribution is 2.45. The standard InChI is InChI=1S/C16H18N2O/c1-11(2)13(7-17)16(9-19-10-16)14-8-18-15-6-4-3-5-12(14)15/h3-6,8,11,13,18H,9-10H2,1-2H3. The molecule has 0 saturated carbocycles. The maximum Gasteiger partial charge on any atom is 0.0669 e. The first kappa shape index (κ1) is 12.3. The summed E-state index contributed by atoms with van der Waals surface area (Å²) in [4.78, 5) is 3.31. The van der Waals surface area contributed by atoms with Gasteiger partial charge >= 0.3 is 0 Å². The average molecular weight is 254 g/mol. The van der Waals surface area contributed by atoms with E-state index in [2.05, 4.69) is 43.2 Å². The second kappa shape index (κ2) is 4.40. The molecule has 3 heteroatoms. The predicted octanol–water partition coefficient (Wildman–Crippen LogP) is 3.23. The Balaban J connectivity index is 2.15. The third-order valence-electron chi connectivity index (χ3n) is 4.25. The average Bonchev–Trinajstić information content (AvgIpc) is 2.77. The Kier molecular flexibility index (Phi) is 2.83. The minimum atomic E-state index is -0.150. The molecule has 2 aromatic rings. The lowest BCUT2D eigenvalue weighted by atomic mass is 9.65. The number of ether oxygens (including phenoxy) is 1. The van der Waals surface area contributed by atoms with Crippen molar-refractivity contribution in [2.24, 2.45) is 11.8 Å². The minimum Gasteiger partial charge on any atom is -0.379 e. The number of rotatable bonds is 3. The first-order valence-corrected chi connectivity index (χ1v) is 6.73. The molecule has 0 spiro atoms. The van der Waals surface area contributed by atoms with E-state index in [1.54, 1.807) is 0 Å². The molecular weight excluding hydrogens is 236 g/mol. The maximum absolute atomic E-state index is 9.55. The van der Waals surface area contributed by atoms with Gasteiger partial charge in [0.15, 0.2) is 0 Å². The fraction of sp³-hybridized carbons (Fsp3) is 0.438. The normalized spacial score (nSPS) is 19.1. The van der Waals surface area contributed by atoms with E-state index >= 15 is 0 Å². The van der Waals surface area contributed by atoms with Crippen molar-refractivity contribution in [3.63, 3.8) is 0 Å². The molecule has 1 N–H and O–H groups in total. The smallest absolute Gasteiger partial charge is 0.0669 e. The van der Waals surface area contributed by atoms with Gasteiger partial charge < -0.3 is 9.72 Å². The summed E-state index contributed by atoms with van der Waals surface area (Å²) in [6, 6.07) is 10.8. The SMILES string of the molecule is CC(C)C(C#N)C1(c2c[nH]c3ccccc23)COC1. The van der Waals surface area contributed by atoms with Gasteiger partial charge in [-0.05, 0) is 17.5 Å². The number of nitrogens with zero attached hydrogens (tertiary/aromatic N) is 1. The van der Waals surface area contributed by atoms with Crippen molar-refractivity contribution in [1.82, 2.24) is 4.98 Å². The van der Waals surface area contributed by atoms with Gasteiger partial charge in [-0.15, -0.1) is 0 Å². The molecular formula is C16H18N2O. The maximum atomic E-state index is 9.55. The van der Waals surface area contributed by atoms with Gasteiger partial charge in [0.05, 0.1) is 30.6 Å².